The van der Waals surface area contributed by atoms with Crippen LogP contribution in [0.1, 0.15) is 23.9 Å². The van der Waals surface area contributed by atoms with E-state index in [1.165, 1.54) is 16.4 Å². The van der Waals surface area contributed by atoms with Gasteiger partial charge in [0, 0.05) is 6.54 Å². The Morgan fingerprint density at radius 3 is 2.76 bits per heavy atom. The summed E-state index contributed by atoms with van der Waals surface area (Å²) >= 11 is 1.24. The average Bonchev–Trinajstić information content (AvgIpc) is 2.92. The fraction of sp³-hybridized carbons (Fsp3) is 0.353. The highest BCUT2D eigenvalue weighted by Gasteiger charge is 2.19. The van der Waals surface area contributed by atoms with Gasteiger partial charge in [0.15, 0.2) is 5.82 Å². The number of nitrogen functional groups attached to an aromatic ring is 1. The van der Waals surface area contributed by atoms with Gasteiger partial charge in [-0.2, -0.15) is 0 Å². The molecule has 0 aliphatic heterocycles. The number of para-hydroxylation sites is 1. The van der Waals surface area contributed by atoms with Crippen molar-refractivity contribution in [1.82, 2.24) is 20.2 Å². The third kappa shape index (κ3) is 4.76. The minimum atomic E-state index is -0.348. The minimum absolute atomic E-state index is 0.110. The number of hydrogen-bond acceptors (Lipinski definition) is 6. The zero-order chi connectivity index (χ0) is 18.4. The Hall–Kier alpha value is -2.48. The number of carbonyl (C=O) groups excluding carboxylic acids is 1. The molecule has 134 valence electrons. The Morgan fingerprint density at radius 1 is 1.44 bits per heavy atom. The Balaban J connectivity index is 2.01. The van der Waals surface area contributed by atoms with Gasteiger partial charge in [-0.05, 0) is 31.9 Å². The normalized spacial score (nSPS) is 11.8. The Morgan fingerprint density at radius 2 is 2.12 bits per heavy atom. The number of benzene rings is 1. The fourth-order valence-electron chi connectivity index (χ4n) is 2.18. The molecular weight excluding hydrogens is 338 g/mol. The number of carbonyl (C=O) groups is 1. The van der Waals surface area contributed by atoms with Gasteiger partial charge < -0.3 is 15.9 Å². The monoisotopic (exact) mass is 361 g/mol. The molecule has 0 saturated heterocycles. The quantitative estimate of drug-likeness (QED) is 0.424. The second kappa shape index (κ2) is 8.57. The largest absolute Gasteiger partial charge is 0.485 e. The van der Waals surface area contributed by atoms with Gasteiger partial charge in [0.05, 0.1) is 5.25 Å². The van der Waals surface area contributed by atoms with E-state index in [0.29, 0.717) is 17.5 Å². The first-order valence-electron chi connectivity index (χ1n) is 7.87. The lowest BCUT2D eigenvalue weighted by Gasteiger charge is -2.12. The zero-order valence-corrected chi connectivity index (χ0v) is 15.5. The Kier molecular flexibility index (Phi) is 6.46. The van der Waals surface area contributed by atoms with E-state index in [0.717, 1.165) is 16.9 Å². The minimum Gasteiger partial charge on any atom is -0.485 e. The fourth-order valence-corrected chi connectivity index (χ4v) is 2.99. The molecule has 0 aliphatic rings. The first-order chi connectivity index (χ1) is 11.9. The molecular formula is C17H23N5O2S. The van der Waals surface area contributed by atoms with Gasteiger partial charge in [-0.3, -0.25) is 4.79 Å². The van der Waals surface area contributed by atoms with Crippen molar-refractivity contribution < 1.29 is 9.53 Å². The maximum atomic E-state index is 11.9. The maximum Gasteiger partial charge on any atom is 0.233 e. The van der Waals surface area contributed by atoms with E-state index < -0.39 is 0 Å². The van der Waals surface area contributed by atoms with Gasteiger partial charge in [-0.15, -0.1) is 16.8 Å². The molecule has 1 amide bonds. The molecule has 2 rings (SSSR count). The van der Waals surface area contributed by atoms with Crippen molar-refractivity contribution in [2.75, 3.05) is 12.4 Å². The van der Waals surface area contributed by atoms with Crippen LogP contribution in [0.15, 0.2) is 36.0 Å². The Labute approximate surface area is 151 Å². The molecule has 7 nitrogen and oxygen atoms in total. The molecule has 0 unspecified atom stereocenters. The van der Waals surface area contributed by atoms with E-state index >= 15 is 0 Å². The second-order valence-electron chi connectivity index (χ2n) is 5.57. The highest BCUT2D eigenvalue weighted by Crippen LogP contribution is 2.24. The topological polar surface area (TPSA) is 95.1 Å². The van der Waals surface area contributed by atoms with Crippen LogP contribution in [0.25, 0.3) is 0 Å². The van der Waals surface area contributed by atoms with Crippen LogP contribution in [0.5, 0.6) is 5.75 Å². The standard InChI is InChI=1S/C17H23N5O2S/c1-5-9-19-16(23)13(4)25-17-21-20-14(22(17)18)10-24-15-11(2)7-6-8-12(15)3/h5-8,13H,1,9-10,18H2,2-4H3,(H,19,23)/t13-/m1/s1. The summed E-state index contributed by atoms with van der Waals surface area (Å²) in [4.78, 5) is 11.9. The predicted molar refractivity (Wildman–Crippen MR) is 98.9 cm³/mol. The third-order valence-electron chi connectivity index (χ3n) is 3.56. The number of nitrogens with two attached hydrogens (primary N) is 1. The molecule has 8 heteroatoms. The van der Waals surface area contributed by atoms with Gasteiger partial charge in [-0.1, -0.05) is 36.0 Å². The van der Waals surface area contributed by atoms with Crippen LogP contribution in [-0.2, 0) is 11.4 Å². The lowest BCUT2D eigenvalue weighted by molar-refractivity contribution is -0.120. The summed E-state index contributed by atoms with van der Waals surface area (Å²) in [6, 6.07) is 5.96. The number of nitrogens with zero attached hydrogens (tertiary/aromatic N) is 3. The molecule has 3 N–H and O–H groups in total. The van der Waals surface area contributed by atoms with E-state index in [9.17, 15) is 4.79 Å². The van der Waals surface area contributed by atoms with Crippen LogP contribution in [0.4, 0.5) is 0 Å². The van der Waals surface area contributed by atoms with E-state index in [1.54, 1.807) is 13.0 Å². The van der Waals surface area contributed by atoms with Crippen molar-refractivity contribution >= 4 is 17.7 Å². The molecule has 1 heterocycles. The highest BCUT2D eigenvalue weighted by atomic mass is 32.2. The SMILES string of the molecule is C=CCNC(=O)[C@@H](C)Sc1nnc(COc2c(C)cccc2C)n1N. The third-order valence-corrected chi connectivity index (χ3v) is 4.62. The molecule has 1 aromatic heterocycles. The highest BCUT2D eigenvalue weighted by molar-refractivity contribution is 8.00. The summed E-state index contributed by atoms with van der Waals surface area (Å²) in [7, 11) is 0. The first kappa shape index (κ1) is 18.9. The van der Waals surface area contributed by atoms with Crippen LogP contribution >= 0.6 is 11.8 Å². The van der Waals surface area contributed by atoms with Crippen molar-refractivity contribution in [2.24, 2.45) is 0 Å². The molecule has 0 radical (unpaired) electrons. The predicted octanol–water partition coefficient (Wildman–Crippen LogP) is 1.97. The molecule has 1 aromatic carbocycles. The van der Waals surface area contributed by atoms with Gasteiger partial charge in [0.1, 0.15) is 12.4 Å². The molecule has 25 heavy (non-hydrogen) atoms. The molecule has 1 atom stereocenters. The lowest BCUT2D eigenvalue weighted by Crippen LogP contribution is -2.31. The summed E-state index contributed by atoms with van der Waals surface area (Å²) in [6.45, 7) is 9.95. The van der Waals surface area contributed by atoms with Crippen molar-refractivity contribution in [3.05, 3.63) is 47.8 Å². The summed E-state index contributed by atoms with van der Waals surface area (Å²) < 4.78 is 7.21. The van der Waals surface area contributed by atoms with Crippen molar-refractivity contribution in [1.29, 1.82) is 0 Å². The summed E-state index contributed by atoms with van der Waals surface area (Å²) in [5.74, 6) is 7.23. The van der Waals surface area contributed by atoms with Gasteiger partial charge in [0.25, 0.3) is 0 Å². The van der Waals surface area contributed by atoms with Crippen molar-refractivity contribution in [3.63, 3.8) is 0 Å². The van der Waals surface area contributed by atoms with Gasteiger partial charge in [-0.25, -0.2) is 4.68 Å². The van der Waals surface area contributed by atoms with Crippen LogP contribution in [-0.4, -0.2) is 32.6 Å². The van der Waals surface area contributed by atoms with Crippen molar-refractivity contribution in [3.8, 4) is 5.75 Å². The van der Waals surface area contributed by atoms with Gasteiger partial charge >= 0.3 is 0 Å². The summed E-state index contributed by atoms with van der Waals surface area (Å²) in [5, 5.41) is 11.0. The van der Waals surface area contributed by atoms with Crippen LogP contribution in [0.3, 0.4) is 0 Å². The van der Waals surface area contributed by atoms with Crippen LogP contribution in [0, 0.1) is 13.8 Å². The molecule has 0 bridgehead atoms. The molecule has 0 saturated carbocycles. The van der Waals surface area contributed by atoms with E-state index in [1.807, 2.05) is 32.0 Å². The van der Waals surface area contributed by atoms with Gasteiger partial charge in [0.2, 0.25) is 11.1 Å². The molecule has 0 fully saturated rings. The van der Waals surface area contributed by atoms with Crippen molar-refractivity contribution in [2.45, 2.75) is 37.8 Å². The number of aryl methyl sites for hydroxylation is 2. The van der Waals surface area contributed by atoms with E-state index in [2.05, 4.69) is 22.1 Å². The second-order valence-corrected chi connectivity index (χ2v) is 6.88. The number of rotatable bonds is 8. The number of amides is 1. The number of ether oxygens (including phenoxy) is 1. The smallest absolute Gasteiger partial charge is 0.233 e. The van der Waals surface area contributed by atoms with E-state index in [4.69, 9.17) is 10.6 Å². The number of thioether (sulfide) groups is 1. The first-order valence-corrected chi connectivity index (χ1v) is 8.75. The molecule has 0 spiro atoms. The molecule has 0 aliphatic carbocycles. The van der Waals surface area contributed by atoms with E-state index in [-0.39, 0.29) is 17.8 Å². The average molecular weight is 361 g/mol. The Bertz CT molecular complexity index is 739. The van der Waals surface area contributed by atoms with Crippen LogP contribution < -0.4 is 15.9 Å². The number of aromatic nitrogens is 3. The van der Waals surface area contributed by atoms with Crippen LogP contribution in [0.2, 0.25) is 0 Å². The maximum absolute atomic E-state index is 11.9. The lowest BCUT2D eigenvalue weighted by atomic mass is 10.1. The molecule has 2 aromatic rings. The zero-order valence-electron chi connectivity index (χ0n) is 14.7. The number of hydrogen-bond donors (Lipinski definition) is 2. The summed E-state index contributed by atoms with van der Waals surface area (Å²) in [6.07, 6.45) is 1.63. The summed E-state index contributed by atoms with van der Waals surface area (Å²) in [5.41, 5.74) is 2.09. The number of nitrogens with one attached hydrogen (secondary N) is 1.